The first kappa shape index (κ1) is 19.4. The summed E-state index contributed by atoms with van der Waals surface area (Å²) in [6.07, 6.45) is 2.08. The second-order valence-electron chi connectivity index (χ2n) is 6.43. The van der Waals surface area contributed by atoms with Gasteiger partial charge in [-0.1, -0.05) is 0 Å². The minimum absolute atomic E-state index is 0.0555. The number of imidazole rings is 1. The standard InChI is InChI=1S/C18H16FN7O3S/c1-30(28,29)26-11-4-2-10(3-5-11)22-17-20-9-13(19)16(25-17)21-12-6-7-14-15(8-12)24-18(27)23-14/h2-9,26H,1H3,(H2,23,24,27)(H2,20,21,22,25). The highest BCUT2D eigenvalue weighted by molar-refractivity contribution is 7.92. The number of anilines is 5. The second-order valence-corrected chi connectivity index (χ2v) is 8.18. The molecule has 0 bridgehead atoms. The van der Waals surface area contributed by atoms with Crippen LogP contribution >= 0.6 is 0 Å². The van der Waals surface area contributed by atoms with Crippen molar-refractivity contribution < 1.29 is 12.8 Å². The van der Waals surface area contributed by atoms with Gasteiger partial charge in [0, 0.05) is 17.1 Å². The lowest BCUT2D eigenvalue weighted by atomic mass is 10.2. The van der Waals surface area contributed by atoms with Gasteiger partial charge < -0.3 is 20.6 Å². The van der Waals surface area contributed by atoms with Crippen LogP contribution in [0.4, 0.5) is 33.2 Å². The number of H-pyrrole nitrogens is 2. The first-order valence-electron chi connectivity index (χ1n) is 8.62. The molecule has 4 rings (SSSR count). The summed E-state index contributed by atoms with van der Waals surface area (Å²) in [5.41, 5.74) is 2.38. The van der Waals surface area contributed by atoms with Crippen LogP contribution in [-0.4, -0.2) is 34.6 Å². The van der Waals surface area contributed by atoms with Crippen molar-refractivity contribution in [3.63, 3.8) is 0 Å². The van der Waals surface area contributed by atoms with Gasteiger partial charge in [-0.15, -0.1) is 0 Å². The number of nitrogens with one attached hydrogen (secondary N) is 5. The third kappa shape index (κ3) is 4.55. The van der Waals surface area contributed by atoms with Crippen molar-refractivity contribution in [2.75, 3.05) is 21.6 Å². The number of rotatable bonds is 6. The summed E-state index contributed by atoms with van der Waals surface area (Å²) in [5, 5.41) is 5.78. The molecule has 0 radical (unpaired) electrons. The lowest BCUT2D eigenvalue weighted by molar-refractivity contribution is 0.607. The maximum Gasteiger partial charge on any atom is 0.323 e. The van der Waals surface area contributed by atoms with Crippen molar-refractivity contribution in [3.05, 3.63) is 65.0 Å². The zero-order valence-corrected chi connectivity index (χ0v) is 16.3. The van der Waals surface area contributed by atoms with Crippen molar-refractivity contribution in [2.45, 2.75) is 0 Å². The molecule has 0 spiro atoms. The van der Waals surface area contributed by atoms with E-state index < -0.39 is 15.8 Å². The van der Waals surface area contributed by atoms with E-state index in [4.69, 9.17) is 0 Å². The molecule has 2 aromatic heterocycles. The number of sulfonamides is 1. The average Bonchev–Trinajstić information content (AvgIpc) is 3.04. The first-order chi connectivity index (χ1) is 14.2. The molecule has 154 valence electrons. The van der Waals surface area contributed by atoms with Gasteiger partial charge in [-0.3, -0.25) is 4.72 Å². The Morgan fingerprint density at radius 3 is 2.33 bits per heavy atom. The Balaban J connectivity index is 1.53. The maximum absolute atomic E-state index is 14.2. The number of benzene rings is 2. The molecule has 10 nitrogen and oxygen atoms in total. The van der Waals surface area contributed by atoms with E-state index in [0.717, 1.165) is 12.5 Å². The molecule has 4 aromatic rings. The third-order valence-corrected chi connectivity index (χ3v) is 4.57. The zero-order valence-electron chi connectivity index (χ0n) is 15.5. The molecule has 0 atom stereocenters. The van der Waals surface area contributed by atoms with Gasteiger partial charge in [0.05, 0.1) is 23.5 Å². The van der Waals surface area contributed by atoms with Crippen LogP contribution in [0, 0.1) is 5.82 Å². The first-order valence-corrected chi connectivity index (χ1v) is 10.5. The van der Waals surface area contributed by atoms with Crippen molar-refractivity contribution in [1.82, 2.24) is 19.9 Å². The summed E-state index contributed by atoms with van der Waals surface area (Å²) in [6.45, 7) is 0. The molecule has 2 heterocycles. The summed E-state index contributed by atoms with van der Waals surface area (Å²) in [4.78, 5) is 24.7. The second kappa shape index (κ2) is 7.48. The van der Waals surface area contributed by atoms with E-state index in [9.17, 15) is 17.6 Å². The summed E-state index contributed by atoms with van der Waals surface area (Å²) in [6, 6.07) is 11.4. The molecule has 12 heteroatoms. The highest BCUT2D eigenvalue weighted by atomic mass is 32.2. The predicted molar refractivity (Wildman–Crippen MR) is 112 cm³/mol. The fourth-order valence-corrected chi connectivity index (χ4v) is 3.29. The molecule has 30 heavy (non-hydrogen) atoms. The van der Waals surface area contributed by atoms with Crippen molar-refractivity contribution in [1.29, 1.82) is 0 Å². The molecule has 2 aromatic carbocycles. The van der Waals surface area contributed by atoms with Crippen LogP contribution in [0.15, 0.2) is 53.5 Å². The smallest absolute Gasteiger partial charge is 0.323 e. The topological polar surface area (TPSA) is 145 Å². The number of aromatic amines is 2. The van der Waals surface area contributed by atoms with Crippen molar-refractivity contribution in [3.8, 4) is 0 Å². The van der Waals surface area contributed by atoms with Gasteiger partial charge in [0.2, 0.25) is 16.0 Å². The van der Waals surface area contributed by atoms with Gasteiger partial charge in [-0.2, -0.15) is 4.98 Å². The van der Waals surface area contributed by atoms with Gasteiger partial charge >= 0.3 is 5.69 Å². The lowest BCUT2D eigenvalue weighted by Gasteiger charge is -2.10. The molecule has 0 aliphatic rings. The Kier molecular flexibility index (Phi) is 4.83. The van der Waals surface area contributed by atoms with E-state index in [1.807, 2.05) is 0 Å². The van der Waals surface area contributed by atoms with Gasteiger partial charge in [0.1, 0.15) is 0 Å². The summed E-state index contributed by atoms with van der Waals surface area (Å²) in [5.74, 6) is -0.574. The van der Waals surface area contributed by atoms with E-state index >= 15 is 0 Å². The van der Waals surface area contributed by atoms with Crippen LogP contribution in [0.5, 0.6) is 0 Å². The predicted octanol–water partition coefficient (Wildman–Crippen LogP) is 2.64. The number of halogens is 1. The molecule has 0 aliphatic carbocycles. The molecule has 0 fully saturated rings. The Labute approximate surface area is 169 Å². The van der Waals surface area contributed by atoms with Gasteiger partial charge in [0.15, 0.2) is 11.6 Å². The summed E-state index contributed by atoms with van der Waals surface area (Å²) >= 11 is 0. The minimum Gasteiger partial charge on any atom is -0.338 e. The average molecular weight is 429 g/mol. The molecule has 0 unspecified atom stereocenters. The Morgan fingerprint density at radius 1 is 0.933 bits per heavy atom. The normalized spacial score (nSPS) is 11.4. The molecule has 0 aliphatic heterocycles. The van der Waals surface area contributed by atoms with Gasteiger partial charge in [0.25, 0.3) is 0 Å². The Morgan fingerprint density at radius 2 is 1.60 bits per heavy atom. The molecule has 0 amide bonds. The van der Waals surface area contributed by atoms with Crippen molar-refractivity contribution >= 4 is 49.9 Å². The highest BCUT2D eigenvalue weighted by Gasteiger charge is 2.09. The summed E-state index contributed by atoms with van der Waals surface area (Å²) < 4.78 is 39.1. The van der Waals surface area contributed by atoms with Crippen LogP contribution in [0.1, 0.15) is 0 Å². The van der Waals surface area contributed by atoms with E-state index in [1.165, 1.54) is 0 Å². The quantitative estimate of drug-likeness (QED) is 0.317. The van der Waals surface area contributed by atoms with Crippen LogP contribution in [0.25, 0.3) is 11.0 Å². The Hall–Kier alpha value is -3.93. The largest absolute Gasteiger partial charge is 0.338 e. The number of hydrogen-bond acceptors (Lipinski definition) is 7. The third-order valence-electron chi connectivity index (χ3n) is 3.97. The zero-order chi connectivity index (χ0) is 21.3. The molecule has 5 N–H and O–H groups in total. The van der Waals surface area contributed by atoms with E-state index in [2.05, 4.69) is 35.3 Å². The number of aromatic nitrogens is 4. The van der Waals surface area contributed by atoms with Gasteiger partial charge in [-0.25, -0.2) is 22.6 Å². The van der Waals surface area contributed by atoms with Crippen LogP contribution in [-0.2, 0) is 10.0 Å². The molecule has 0 saturated carbocycles. The lowest BCUT2D eigenvalue weighted by Crippen LogP contribution is -2.09. The molecular weight excluding hydrogens is 413 g/mol. The van der Waals surface area contributed by atoms with Gasteiger partial charge in [-0.05, 0) is 42.5 Å². The van der Waals surface area contributed by atoms with E-state index in [-0.39, 0.29) is 17.5 Å². The number of hydrogen-bond donors (Lipinski definition) is 5. The maximum atomic E-state index is 14.2. The summed E-state index contributed by atoms with van der Waals surface area (Å²) in [7, 11) is -3.37. The van der Waals surface area contributed by atoms with Crippen LogP contribution in [0.2, 0.25) is 0 Å². The number of fused-ring (bicyclic) bond motifs is 1. The SMILES string of the molecule is CS(=O)(=O)Nc1ccc(Nc2ncc(F)c(Nc3ccc4[nH]c(=O)[nH]c4c3)n2)cc1. The van der Waals surface area contributed by atoms with E-state index in [0.29, 0.717) is 28.1 Å². The Bertz CT molecular complexity index is 1380. The monoisotopic (exact) mass is 429 g/mol. The van der Waals surface area contributed by atoms with Crippen LogP contribution in [0.3, 0.4) is 0 Å². The number of nitrogens with zero attached hydrogens (tertiary/aromatic N) is 2. The minimum atomic E-state index is -3.37. The molecule has 0 saturated heterocycles. The fraction of sp³-hybridized carbons (Fsp3) is 0.0556. The van der Waals surface area contributed by atoms with Crippen LogP contribution < -0.4 is 21.0 Å². The van der Waals surface area contributed by atoms with E-state index in [1.54, 1.807) is 42.5 Å². The fourth-order valence-electron chi connectivity index (χ4n) is 2.73. The van der Waals surface area contributed by atoms with Crippen molar-refractivity contribution in [2.24, 2.45) is 0 Å². The molecular formula is C18H16FN7O3S. The highest BCUT2D eigenvalue weighted by Crippen LogP contribution is 2.23.